The van der Waals surface area contributed by atoms with E-state index in [0.29, 0.717) is 17.9 Å². The van der Waals surface area contributed by atoms with Crippen LogP contribution in [-0.2, 0) is 25.8 Å². The molecular formula is C22H22N7O5S2+. The standard InChI is InChI=1S/C22H21N7O5S2/c1-11-4-3-5-27-6-7-28(18(11)27)8-12-9-35-20-15(19(31)29(20)16(12)21(32)33)25-17(30)14(26-34-2)13-10-36-22(23)24-13/h3-7,10,15,20H,8-9H2,1-2H3,(H3-,23,24,25,30,32,33)/p+1/t15-,20+/m1/s1. The van der Waals surface area contributed by atoms with Crippen molar-refractivity contribution in [1.29, 1.82) is 0 Å². The van der Waals surface area contributed by atoms with Crippen LogP contribution in [0.5, 0.6) is 0 Å². The quantitative estimate of drug-likeness (QED) is 0.172. The van der Waals surface area contributed by atoms with Crippen molar-refractivity contribution in [1.82, 2.24) is 19.6 Å². The van der Waals surface area contributed by atoms with E-state index in [0.717, 1.165) is 22.5 Å². The van der Waals surface area contributed by atoms with Gasteiger partial charge in [0.2, 0.25) is 0 Å². The monoisotopic (exact) mass is 528 g/mol. The van der Waals surface area contributed by atoms with E-state index in [4.69, 9.17) is 10.6 Å². The van der Waals surface area contributed by atoms with Gasteiger partial charge in [-0.3, -0.25) is 14.5 Å². The van der Waals surface area contributed by atoms with Gasteiger partial charge in [0.15, 0.2) is 10.8 Å². The van der Waals surface area contributed by atoms with Crippen molar-refractivity contribution >= 4 is 57.4 Å². The van der Waals surface area contributed by atoms with Crippen molar-refractivity contribution in [2.75, 3.05) is 18.6 Å². The number of carbonyl (C=O) groups is 3. The van der Waals surface area contributed by atoms with Gasteiger partial charge >= 0.3 is 5.97 Å². The number of carboxylic acid groups (broad SMARTS) is 1. The number of nitrogens with one attached hydrogen (secondary N) is 1. The number of β-lactam (4-membered cyclic amide) rings is 1. The molecular weight excluding hydrogens is 506 g/mol. The number of carboxylic acids is 1. The molecule has 5 heterocycles. The summed E-state index contributed by atoms with van der Waals surface area (Å²) in [5.41, 5.74) is 8.30. The molecule has 186 valence electrons. The van der Waals surface area contributed by atoms with Crippen molar-refractivity contribution in [3.05, 3.63) is 58.6 Å². The molecule has 1 fully saturated rings. The third-order valence-corrected chi connectivity index (χ3v) is 7.94. The van der Waals surface area contributed by atoms with Crippen LogP contribution in [0.3, 0.4) is 0 Å². The van der Waals surface area contributed by atoms with Crippen molar-refractivity contribution in [3.8, 4) is 0 Å². The summed E-state index contributed by atoms with van der Waals surface area (Å²) in [5, 5.41) is 17.6. The number of carbonyl (C=O) groups excluding carboxylic acids is 2. The van der Waals surface area contributed by atoms with Crippen LogP contribution >= 0.6 is 23.1 Å². The second kappa shape index (κ2) is 9.28. The van der Waals surface area contributed by atoms with E-state index < -0.39 is 29.2 Å². The first-order valence-electron chi connectivity index (χ1n) is 10.8. The molecule has 36 heavy (non-hydrogen) atoms. The number of nitrogens with zero attached hydrogens (tertiary/aromatic N) is 5. The Labute approximate surface area is 213 Å². The van der Waals surface area contributed by atoms with Gasteiger partial charge in [0, 0.05) is 22.3 Å². The Morgan fingerprint density at radius 2 is 2.22 bits per heavy atom. The first-order chi connectivity index (χ1) is 17.3. The Morgan fingerprint density at radius 1 is 1.42 bits per heavy atom. The maximum Gasteiger partial charge on any atom is 0.352 e. The third-order valence-electron chi connectivity index (χ3n) is 5.93. The number of aromatic nitrogens is 3. The van der Waals surface area contributed by atoms with Gasteiger partial charge in [0.25, 0.3) is 17.5 Å². The van der Waals surface area contributed by atoms with Crippen LogP contribution in [0.1, 0.15) is 11.3 Å². The molecule has 2 atom stereocenters. The van der Waals surface area contributed by atoms with Gasteiger partial charge in [-0.1, -0.05) is 5.16 Å². The summed E-state index contributed by atoms with van der Waals surface area (Å²) in [6.07, 6.45) is 5.70. The fourth-order valence-electron chi connectivity index (χ4n) is 4.39. The number of amides is 2. The second-order valence-corrected chi connectivity index (χ2v) is 10.2. The van der Waals surface area contributed by atoms with Crippen LogP contribution < -0.4 is 15.6 Å². The minimum absolute atomic E-state index is 0.0484. The van der Waals surface area contributed by atoms with Gasteiger partial charge in [0.1, 0.15) is 48.9 Å². The summed E-state index contributed by atoms with van der Waals surface area (Å²) in [5.74, 6) is -1.97. The number of aliphatic carboxylic acids is 1. The molecule has 1 saturated heterocycles. The number of fused-ring (bicyclic) bond motifs is 2. The highest BCUT2D eigenvalue weighted by molar-refractivity contribution is 8.00. The lowest BCUT2D eigenvalue weighted by Gasteiger charge is -2.49. The van der Waals surface area contributed by atoms with Gasteiger partial charge in [-0.25, -0.2) is 18.7 Å². The molecule has 0 aromatic carbocycles. The molecule has 4 N–H and O–H groups in total. The smallest absolute Gasteiger partial charge is 0.352 e. The Kier molecular flexibility index (Phi) is 6.14. The van der Waals surface area contributed by atoms with E-state index in [1.54, 1.807) is 5.38 Å². The summed E-state index contributed by atoms with van der Waals surface area (Å²) < 4.78 is 3.93. The predicted molar refractivity (Wildman–Crippen MR) is 132 cm³/mol. The van der Waals surface area contributed by atoms with Gasteiger partial charge in [-0.05, 0) is 19.1 Å². The van der Waals surface area contributed by atoms with E-state index in [2.05, 4.69) is 15.5 Å². The number of thiazole rings is 1. The molecule has 12 nitrogen and oxygen atoms in total. The Balaban J connectivity index is 1.38. The van der Waals surface area contributed by atoms with E-state index in [-0.39, 0.29) is 22.2 Å². The van der Waals surface area contributed by atoms with Crippen molar-refractivity contribution in [3.63, 3.8) is 0 Å². The van der Waals surface area contributed by atoms with E-state index in [1.165, 1.54) is 23.8 Å². The fourth-order valence-corrected chi connectivity index (χ4v) is 6.27. The minimum Gasteiger partial charge on any atom is -0.477 e. The lowest BCUT2D eigenvalue weighted by Crippen LogP contribution is -2.71. The molecule has 2 aliphatic heterocycles. The Hall–Kier alpha value is -3.91. The van der Waals surface area contributed by atoms with Gasteiger partial charge in [-0.2, -0.15) is 0 Å². The zero-order valence-corrected chi connectivity index (χ0v) is 20.9. The average Bonchev–Trinajstić information content (AvgIpc) is 3.47. The molecule has 3 aromatic rings. The van der Waals surface area contributed by atoms with E-state index in [9.17, 15) is 19.5 Å². The Morgan fingerprint density at radius 3 is 2.92 bits per heavy atom. The van der Waals surface area contributed by atoms with Crippen molar-refractivity contribution in [2.45, 2.75) is 24.9 Å². The van der Waals surface area contributed by atoms with Crippen LogP contribution in [-0.4, -0.2) is 67.2 Å². The maximum atomic E-state index is 13.1. The Bertz CT molecular complexity index is 1460. The number of nitrogens with two attached hydrogens (primary N) is 1. The first kappa shape index (κ1) is 23.8. The maximum absolute atomic E-state index is 13.1. The summed E-state index contributed by atoms with van der Waals surface area (Å²) in [4.78, 5) is 48.3. The molecule has 0 bridgehead atoms. The molecule has 0 saturated carbocycles. The van der Waals surface area contributed by atoms with E-state index >= 15 is 0 Å². The summed E-state index contributed by atoms with van der Waals surface area (Å²) in [6.45, 7) is 2.30. The molecule has 0 radical (unpaired) electrons. The summed E-state index contributed by atoms with van der Waals surface area (Å²) >= 11 is 2.53. The van der Waals surface area contributed by atoms with E-state index in [1.807, 2.05) is 46.6 Å². The molecule has 3 aromatic heterocycles. The number of anilines is 1. The molecule has 5 rings (SSSR count). The number of thioether (sulfide) groups is 1. The fraction of sp³-hybridized carbons (Fsp3) is 0.273. The van der Waals surface area contributed by atoms with Crippen LogP contribution in [0.25, 0.3) is 5.65 Å². The first-order valence-corrected chi connectivity index (χ1v) is 12.7. The highest BCUT2D eigenvalue weighted by Crippen LogP contribution is 2.40. The van der Waals surface area contributed by atoms with Crippen LogP contribution in [0.4, 0.5) is 5.13 Å². The zero-order chi connectivity index (χ0) is 25.6. The van der Waals surface area contributed by atoms with Crippen LogP contribution in [0, 0.1) is 6.92 Å². The number of pyridine rings is 1. The van der Waals surface area contributed by atoms with Crippen LogP contribution in [0.15, 0.2) is 52.5 Å². The third kappa shape index (κ3) is 3.97. The predicted octanol–water partition coefficient (Wildman–Crippen LogP) is 0.363. The molecule has 0 aliphatic carbocycles. The number of aryl methyl sites for hydroxylation is 1. The number of nitrogen functional groups attached to an aromatic ring is 1. The highest BCUT2D eigenvalue weighted by Gasteiger charge is 2.54. The van der Waals surface area contributed by atoms with Gasteiger partial charge in [0.05, 0.1) is 6.20 Å². The molecule has 14 heteroatoms. The van der Waals surface area contributed by atoms with Crippen LogP contribution in [0.2, 0.25) is 0 Å². The number of rotatable bonds is 7. The topological polar surface area (TPSA) is 156 Å². The number of hydrogen-bond donors (Lipinski definition) is 3. The van der Waals surface area contributed by atoms with Crippen molar-refractivity contribution in [2.24, 2.45) is 5.16 Å². The molecule has 2 amide bonds. The average molecular weight is 529 g/mol. The molecule has 0 unspecified atom stereocenters. The summed E-state index contributed by atoms with van der Waals surface area (Å²) in [7, 11) is 1.29. The largest absolute Gasteiger partial charge is 0.477 e. The van der Waals surface area contributed by atoms with Crippen molar-refractivity contribution < 1.29 is 28.9 Å². The SMILES string of the molecule is CON=C(C(=O)N[C@@H]1C(=O)N2C(C(=O)O)=C(C[n+]3ccn4cccc(C)c43)CS[C@@H]12)c1csc(N)n1. The summed E-state index contributed by atoms with van der Waals surface area (Å²) in [6, 6.07) is 3.01. The van der Waals surface area contributed by atoms with Gasteiger partial charge < -0.3 is 21.0 Å². The minimum atomic E-state index is -1.19. The number of hydrogen-bond acceptors (Lipinski definition) is 9. The molecule has 2 aliphatic rings. The second-order valence-electron chi connectivity index (χ2n) is 8.16. The zero-order valence-electron chi connectivity index (χ0n) is 19.2. The number of imidazole rings is 1. The van der Waals surface area contributed by atoms with Gasteiger partial charge in [-0.15, -0.1) is 23.1 Å². The highest BCUT2D eigenvalue weighted by atomic mass is 32.2. The lowest BCUT2D eigenvalue weighted by molar-refractivity contribution is -0.662. The molecule has 0 spiro atoms. The number of oxime groups is 1. The normalized spacial score (nSPS) is 19.8. The lowest BCUT2D eigenvalue weighted by atomic mass is 10.0.